The maximum absolute atomic E-state index is 3.35. The maximum Gasteiger partial charge on any atom is 0.0713 e. The maximum atomic E-state index is 3.35. The Labute approximate surface area is 99.5 Å². The monoisotopic (exact) mass is 215 g/mol. The number of unbranched alkanes of at least 4 members (excludes halogenated alkanes) is 1. The van der Waals surface area contributed by atoms with E-state index in [1.165, 1.54) is 12.8 Å². The zero-order chi connectivity index (χ0) is 11.8. The van der Waals surface area contributed by atoms with Crippen LogP contribution in [0.5, 0.6) is 0 Å². The van der Waals surface area contributed by atoms with Gasteiger partial charge in [0.1, 0.15) is 0 Å². The van der Waals surface area contributed by atoms with Crippen LogP contribution in [0.1, 0.15) is 31.7 Å². The number of rotatable bonds is 4. The Bertz CT molecular complexity index is 343. The van der Waals surface area contributed by atoms with Crippen molar-refractivity contribution in [2.75, 3.05) is 14.1 Å². The van der Waals surface area contributed by atoms with Crippen LogP contribution >= 0.6 is 0 Å². The van der Waals surface area contributed by atoms with Gasteiger partial charge in [-0.05, 0) is 32.6 Å². The zero-order valence-electron chi connectivity index (χ0n) is 10.5. The summed E-state index contributed by atoms with van der Waals surface area (Å²) in [6.07, 6.45) is 3.63. The molecule has 0 aromatic heterocycles. The van der Waals surface area contributed by atoms with Crippen molar-refractivity contribution in [3.8, 4) is 11.8 Å². The van der Waals surface area contributed by atoms with Crippen molar-refractivity contribution in [2.24, 2.45) is 0 Å². The Morgan fingerprint density at radius 3 is 2.44 bits per heavy atom. The van der Waals surface area contributed by atoms with Gasteiger partial charge in [-0.1, -0.05) is 49.8 Å². The molecule has 0 fully saturated rings. The predicted octanol–water partition coefficient (Wildman–Crippen LogP) is 3.16. The third-order valence-corrected chi connectivity index (χ3v) is 2.61. The molecular formula is C15H21N. The van der Waals surface area contributed by atoms with Crippen LogP contribution in [0.2, 0.25) is 0 Å². The lowest BCUT2D eigenvalue weighted by atomic mass is 10.1. The summed E-state index contributed by atoms with van der Waals surface area (Å²) < 4.78 is 0. The molecule has 1 atom stereocenters. The van der Waals surface area contributed by atoms with E-state index in [9.17, 15) is 0 Å². The van der Waals surface area contributed by atoms with E-state index in [2.05, 4.69) is 49.9 Å². The quantitative estimate of drug-likeness (QED) is 0.697. The van der Waals surface area contributed by atoms with E-state index in [0.717, 1.165) is 12.0 Å². The molecular weight excluding hydrogens is 194 g/mol. The molecule has 0 N–H and O–H groups in total. The fourth-order valence-corrected chi connectivity index (χ4v) is 1.55. The van der Waals surface area contributed by atoms with Gasteiger partial charge >= 0.3 is 0 Å². The second kappa shape index (κ2) is 7.09. The first-order chi connectivity index (χ1) is 7.74. The molecule has 1 unspecified atom stereocenters. The van der Waals surface area contributed by atoms with Gasteiger partial charge < -0.3 is 0 Å². The lowest BCUT2D eigenvalue weighted by Crippen LogP contribution is -2.26. The van der Waals surface area contributed by atoms with Gasteiger partial charge in [-0.3, -0.25) is 4.90 Å². The molecule has 0 aliphatic rings. The van der Waals surface area contributed by atoms with Crippen LogP contribution in [-0.4, -0.2) is 25.0 Å². The molecule has 0 saturated carbocycles. The minimum Gasteiger partial charge on any atom is -0.296 e. The Morgan fingerprint density at radius 2 is 1.88 bits per heavy atom. The van der Waals surface area contributed by atoms with Crippen molar-refractivity contribution in [1.82, 2.24) is 4.90 Å². The van der Waals surface area contributed by atoms with Crippen LogP contribution < -0.4 is 0 Å². The molecule has 1 aromatic carbocycles. The van der Waals surface area contributed by atoms with Gasteiger partial charge in [-0.2, -0.15) is 0 Å². The first-order valence-electron chi connectivity index (χ1n) is 5.97. The van der Waals surface area contributed by atoms with Crippen LogP contribution in [0.15, 0.2) is 30.3 Å². The van der Waals surface area contributed by atoms with E-state index >= 15 is 0 Å². The fourth-order valence-electron chi connectivity index (χ4n) is 1.55. The molecule has 0 saturated heterocycles. The second-order valence-electron chi connectivity index (χ2n) is 4.26. The number of benzene rings is 1. The normalized spacial score (nSPS) is 12.0. The Kier molecular flexibility index (Phi) is 5.67. The van der Waals surface area contributed by atoms with Crippen molar-refractivity contribution in [2.45, 2.75) is 32.2 Å². The lowest BCUT2D eigenvalue weighted by Gasteiger charge is -2.18. The number of hydrogen-bond donors (Lipinski definition) is 0. The fraction of sp³-hybridized carbons (Fsp3) is 0.467. The highest BCUT2D eigenvalue weighted by molar-refractivity contribution is 5.34. The molecule has 1 heteroatoms. The summed E-state index contributed by atoms with van der Waals surface area (Å²) in [5, 5.41) is 0. The summed E-state index contributed by atoms with van der Waals surface area (Å²) in [7, 11) is 4.19. The average molecular weight is 215 g/mol. The van der Waals surface area contributed by atoms with Gasteiger partial charge in [0, 0.05) is 5.56 Å². The molecule has 0 aliphatic heterocycles. The predicted molar refractivity (Wildman–Crippen MR) is 70.3 cm³/mol. The van der Waals surface area contributed by atoms with Crippen LogP contribution in [-0.2, 0) is 0 Å². The molecule has 86 valence electrons. The molecule has 0 amide bonds. The second-order valence-corrected chi connectivity index (χ2v) is 4.26. The van der Waals surface area contributed by atoms with Gasteiger partial charge in [0.25, 0.3) is 0 Å². The topological polar surface area (TPSA) is 3.24 Å². The van der Waals surface area contributed by atoms with Crippen molar-refractivity contribution >= 4 is 0 Å². The molecule has 16 heavy (non-hydrogen) atoms. The van der Waals surface area contributed by atoms with Gasteiger partial charge in [0.2, 0.25) is 0 Å². The Morgan fingerprint density at radius 1 is 1.19 bits per heavy atom. The van der Waals surface area contributed by atoms with Crippen molar-refractivity contribution in [3.63, 3.8) is 0 Å². The van der Waals surface area contributed by atoms with Crippen LogP contribution in [0.4, 0.5) is 0 Å². The van der Waals surface area contributed by atoms with Crippen molar-refractivity contribution < 1.29 is 0 Å². The third kappa shape index (κ3) is 4.51. The highest BCUT2D eigenvalue weighted by Gasteiger charge is 2.05. The molecule has 1 aromatic rings. The van der Waals surface area contributed by atoms with E-state index in [1.807, 2.05) is 18.2 Å². The SMILES string of the molecule is CCCCC(C#Cc1ccccc1)N(C)C. The summed E-state index contributed by atoms with van der Waals surface area (Å²) in [5.74, 6) is 6.59. The molecule has 0 spiro atoms. The summed E-state index contributed by atoms with van der Waals surface area (Å²) in [4.78, 5) is 2.20. The van der Waals surface area contributed by atoms with Crippen molar-refractivity contribution in [1.29, 1.82) is 0 Å². The highest BCUT2D eigenvalue weighted by Crippen LogP contribution is 2.05. The van der Waals surface area contributed by atoms with Gasteiger partial charge in [0.05, 0.1) is 6.04 Å². The summed E-state index contributed by atoms with van der Waals surface area (Å²) in [5.41, 5.74) is 1.10. The number of hydrogen-bond acceptors (Lipinski definition) is 1. The van der Waals surface area contributed by atoms with Crippen LogP contribution in [0.25, 0.3) is 0 Å². The van der Waals surface area contributed by atoms with E-state index < -0.39 is 0 Å². The summed E-state index contributed by atoms with van der Waals surface area (Å²) in [6, 6.07) is 10.6. The van der Waals surface area contributed by atoms with E-state index in [4.69, 9.17) is 0 Å². The summed E-state index contributed by atoms with van der Waals surface area (Å²) >= 11 is 0. The zero-order valence-corrected chi connectivity index (χ0v) is 10.5. The first kappa shape index (κ1) is 12.8. The highest BCUT2D eigenvalue weighted by atomic mass is 15.1. The molecule has 1 rings (SSSR count). The number of nitrogens with zero attached hydrogens (tertiary/aromatic N) is 1. The molecule has 0 aliphatic carbocycles. The third-order valence-electron chi connectivity index (χ3n) is 2.61. The molecule has 0 bridgehead atoms. The molecule has 1 nitrogen and oxygen atoms in total. The molecule has 0 radical (unpaired) electrons. The van der Waals surface area contributed by atoms with Gasteiger partial charge in [-0.25, -0.2) is 0 Å². The smallest absolute Gasteiger partial charge is 0.0713 e. The minimum atomic E-state index is 0.375. The van der Waals surface area contributed by atoms with Crippen LogP contribution in [0, 0.1) is 11.8 Å². The standard InChI is InChI=1S/C15H21N/c1-4-5-11-15(16(2)3)13-12-14-9-7-6-8-10-14/h6-10,15H,4-5,11H2,1-3H3. The van der Waals surface area contributed by atoms with Gasteiger partial charge in [0.15, 0.2) is 0 Å². The molecule has 0 heterocycles. The van der Waals surface area contributed by atoms with E-state index in [1.54, 1.807) is 0 Å². The Hall–Kier alpha value is -1.26. The largest absolute Gasteiger partial charge is 0.296 e. The van der Waals surface area contributed by atoms with E-state index in [0.29, 0.717) is 6.04 Å². The lowest BCUT2D eigenvalue weighted by molar-refractivity contribution is 0.331. The van der Waals surface area contributed by atoms with Crippen molar-refractivity contribution in [3.05, 3.63) is 35.9 Å². The summed E-state index contributed by atoms with van der Waals surface area (Å²) in [6.45, 7) is 2.22. The van der Waals surface area contributed by atoms with Gasteiger partial charge in [-0.15, -0.1) is 0 Å². The van der Waals surface area contributed by atoms with E-state index in [-0.39, 0.29) is 0 Å². The minimum absolute atomic E-state index is 0.375. The Balaban J connectivity index is 2.64. The average Bonchev–Trinajstić information content (AvgIpc) is 2.30. The first-order valence-corrected chi connectivity index (χ1v) is 5.97. The van der Waals surface area contributed by atoms with Crippen LogP contribution in [0.3, 0.4) is 0 Å².